The maximum atomic E-state index is 5.99. The van der Waals surface area contributed by atoms with Gasteiger partial charge in [-0.3, -0.25) is 0 Å². The average Bonchev–Trinajstić information content (AvgIpc) is 2.52. The lowest BCUT2D eigenvalue weighted by Crippen LogP contribution is -2.06. The molecule has 0 unspecified atom stereocenters. The third kappa shape index (κ3) is 2.85. The van der Waals surface area contributed by atoms with Crippen molar-refractivity contribution in [1.29, 1.82) is 0 Å². The highest BCUT2D eigenvalue weighted by molar-refractivity contribution is 14.1. The first-order valence-corrected chi connectivity index (χ1v) is 7.58. The van der Waals surface area contributed by atoms with E-state index in [1.54, 1.807) is 0 Å². The van der Waals surface area contributed by atoms with Gasteiger partial charge in [-0.15, -0.1) is 0 Å². The topological polar surface area (TPSA) is 43.8 Å². The number of nitrogens with two attached hydrogens (primary N) is 1. The molecule has 0 spiro atoms. The van der Waals surface area contributed by atoms with Gasteiger partial charge in [-0.05, 0) is 79.1 Å². The lowest BCUT2D eigenvalue weighted by Gasteiger charge is -2.06. The maximum Gasteiger partial charge on any atom is 0.135 e. The van der Waals surface area contributed by atoms with E-state index in [1.165, 1.54) is 0 Å². The molecule has 3 nitrogen and oxygen atoms in total. The zero-order valence-corrected chi connectivity index (χ0v) is 14.4. The van der Waals surface area contributed by atoms with Gasteiger partial charge in [0.25, 0.3) is 0 Å². The summed E-state index contributed by atoms with van der Waals surface area (Å²) in [6, 6.07) is 6.13. The summed E-state index contributed by atoms with van der Waals surface area (Å²) in [4.78, 5) is 0. The van der Waals surface area contributed by atoms with Crippen molar-refractivity contribution in [1.82, 2.24) is 9.78 Å². The largest absolute Gasteiger partial charge is 0.383 e. The van der Waals surface area contributed by atoms with E-state index in [4.69, 9.17) is 5.73 Å². The summed E-state index contributed by atoms with van der Waals surface area (Å²) in [6.45, 7) is 2.65. The second-order valence-corrected chi connectivity index (χ2v) is 6.48. The molecule has 0 radical (unpaired) electrons. The van der Waals surface area contributed by atoms with Gasteiger partial charge in [0.05, 0.1) is 15.8 Å². The number of nitrogens with zero attached hydrogens (tertiary/aromatic N) is 2. The Bertz CT molecular complexity index is 566. The number of hydrogen-bond acceptors (Lipinski definition) is 2. The molecule has 1 aromatic carbocycles. The van der Waals surface area contributed by atoms with Gasteiger partial charge < -0.3 is 5.73 Å². The van der Waals surface area contributed by atoms with Crippen LogP contribution in [0.4, 0.5) is 5.82 Å². The van der Waals surface area contributed by atoms with Crippen LogP contribution in [0.15, 0.2) is 27.1 Å². The molecule has 0 saturated heterocycles. The van der Waals surface area contributed by atoms with Gasteiger partial charge in [0.15, 0.2) is 0 Å². The van der Waals surface area contributed by atoms with Gasteiger partial charge in [0, 0.05) is 8.95 Å². The number of nitrogen functional groups attached to an aromatic ring is 1. The summed E-state index contributed by atoms with van der Waals surface area (Å²) in [5, 5.41) is 4.41. The zero-order chi connectivity index (χ0) is 12.6. The lowest BCUT2D eigenvalue weighted by molar-refractivity contribution is 0.689. The third-order valence-corrected chi connectivity index (χ3v) is 5.62. The van der Waals surface area contributed by atoms with Crippen LogP contribution in [0.5, 0.6) is 0 Å². The Morgan fingerprint density at radius 2 is 2.06 bits per heavy atom. The summed E-state index contributed by atoms with van der Waals surface area (Å²) < 4.78 is 4.93. The summed E-state index contributed by atoms with van der Waals surface area (Å²) in [7, 11) is 0. The predicted molar refractivity (Wildman–Crippen MR) is 85.0 cm³/mol. The van der Waals surface area contributed by atoms with Crippen molar-refractivity contribution in [3.8, 4) is 0 Å². The monoisotopic (exact) mass is 469 g/mol. The standard InChI is InChI=1S/C11H10Br2IN3/c1-6-10(14)11(15)17(16-6)5-7-2-3-8(12)9(13)4-7/h2-4H,5,15H2,1H3. The molecular formula is C11H10Br2IN3. The van der Waals surface area contributed by atoms with Crippen LogP contribution in [0.3, 0.4) is 0 Å². The summed E-state index contributed by atoms with van der Waals surface area (Å²) in [5.74, 6) is 0.724. The molecule has 6 heteroatoms. The minimum Gasteiger partial charge on any atom is -0.383 e. The minimum atomic E-state index is 0.682. The Morgan fingerprint density at radius 1 is 1.35 bits per heavy atom. The SMILES string of the molecule is Cc1nn(Cc2ccc(Br)c(Br)c2)c(N)c1I. The first kappa shape index (κ1) is 13.4. The molecule has 17 heavy (non-hydrogen) atoms. The van der Waals surface area contributed by atoms with Crippen molar-refractivity contribution in [3.05, 3.63) is 42.0 Å². The Labute approximate surface area is 130 Å². The van der Waals surface area contributed by atoms with Crippen LogP contribution in [0.2, 0.25) is 0 Å². The normalized spacial score (nSPS) is 10.8. The molecule has 90 valence electrons. The average molecular weight is 471 g/mol. The summed E-state index contributed by atoms with van der Waals surface area (Å²) in [5.41, 5.74) is 8.12. The number of aryl methyl sites for hydroxylation is 1. The molecule has 0 fully saturated rings. The molecule has 2 aromatic rings. The molecule has 1 aromatic heterocycles. The van der Waals surface area contributed by atoms with Crippen LogP contribution >= 0.6 is 54.5 Å². The van der Waals surface area contributed by atoms with Crippen molar-refractivity contribution < 1.29 is 0 Å². The van der Waals surface area contributed by atoms with E-state index in [-0.39, 0.29) is 0 Å². The van der Waals surface area contributed by atoms with Crippen LogP contribution in [0.25, 0.3) is 0 Å². The molecule has 0 bridgehead atoms. The first-order chi connectivity index (χ1) is 7.99. The molecule has 0 atom stereocenters. The zero-order valence-electron chi connectivity index (χ0n) is 9.04. The highest BCUT2D eigenvalue weighted by Gasteiger charge is 2.10. The van der Waals surface area contributed by atoms with Crippen LogP contribution in [-0.4, -0.2) is 9.78 Å². The maximum absolute atomic E-state index is 5.99. The number of hydrogen-bond donors (Lipinski definition) is 1. The number of anilines is 1. The fourth-order valence-corrected chi connectivity index (χ4v) is 2.57. The molecule has 0 aliphatic heterocycles. The first-order valence-electron chi connectivity index (χ1n) is 4.91. The quantitative estimate of drug-likeness (QED) is 0.675. The van der Waals surface area contributed by atoms with Gasteiger partial charge in [-0.25, -0.2) is 4.68 Å². The molecule has 2 rings (SSSR count). The minimum absolute atomic E-state index is 0.682. The second kappa shape index (κ2) is 5.27. The number of benzene rings is 1. The molecule has 0 saturated carbocycles. The second-order valence-electron chi connectivity index (χ2n) is 3.69. The Balaban J connectivity index is 2.31. The fraction of sp³-hybridized carbons (Fsp3) is 0.182. The van der Waals surface area contributed by atoms with E-state index < -0.39 is 0 Å². The molecular weight excluding hydrogens is 461 g/mol. The van der Waals surface area contributed by atoms with Crippen molar-refractivity contribution in [3.63, 3.8) is 0 Å². The van der Waals surface area contributed by atoms with Crippen molar-refractivity contribution in [2.75, 3.05) is 5.73 Å². The highest BCUT2D eigenvalue weighted by atomic mass is 127. The Kier molecular flexibility index (Phi) is 4.14. The molecule has 0 aliphatic rings. The number of halogens is 3. The third-order valence-electron chi connectivity index (χ3n) is 2.41. The van der Waals surface area contributed by atoms with Gasteiger partial charge in [-0.2, -0.15) is 5.10 Å². The van der Waals surface area contributed by atoms with Gasteiger partial charge in [0.1, 0.15) is 5.82 Å². The highest BCUT2D eigenvalue weighted by Crippen LogP contribution is 2.25. The van der Waals surface area contributed by atoms with Crippen molar-refractivity contribution in [2.24, 2.45) is 0 Å². The molecule has 1 heterocycles. The van der Waals surface area contributed by atoms with E-state index in [0.29, 0.717) is 6.54 Å². The Morgan fingerprint density at radius 3 is 2.59 bits per heavy atom. The summed E-state index contributed by atoms with van der Waals surface area (Å²) >= 11 is 9.16. The molecule has 0 amide bonds. The van der Waals surface area contributed by atoms with E-state index in [9.17, 15) is 0 Å². The smallest absolute Gasteiger partial charge is 0.135 e. The number of rotatable bonds is 2. The van der Waals surface area contributed by atoms with E-state index in [1.807, 2.05) is 17.7 Å². The van der Waals surface area contributed by atoms with Crippen LogP contribution < -0.4 is 5.73 Å². The fourth-order valence-electron chi connectivity index (χ4n) is 1.51. The Hall–Kier alpha value is -0.0800. The van der Waals surface area contributed by atoms with Gasteiger partial charge in [0.2, 0.25) is 0 Å². The van der Waals surface area contributed by atoms with Crippen LogP contribution in [0.1, 0.15) is 11.3 Å². The van der Waals surface area contributed by atoms with Crippen LogP contribution in [0, 0.1) is 10.5 Å². The van der Waals surface area contributed by atoms with E-state index >= 15 is 0 Å². The van der Waals surface area contributed by atoms with Crippen molar-refractivity contribution in [2.45, 2.75) is 13.5 Å². The number of aromatic nitrogens is 2. The van der Waals surface area contributed by atoms with Crippen LogP contribution in [-0.2, 0) is 6.54 Å². The molecule has 2 N–H and O–H groups in total. The lowest BCUT2D eigenvalue weighted by atomic mass is 10.2. The van der Waals surface area contributed by atoms with Crippen molar-refractivity contribution >= 4 is 60.3 Å². The van der Waals surface area contributed by atoms with E-state index in [0.717, 1.165) is 29.6 Å². The molecule has 0 aliphatic carbocycles. The summed E-state index contributed by atoms with van der Waals surface area (Å²) in [6.07, 6.45) is 0. The van der Waals surface area contributed by atoms with Gasteiger partial charge >= 0.3 is 0 Å². The van der Waals surface area contributed by atoms with Gasteiger partial charge in [-0.1, -0.05) is 6.07 Å². The van der Waals surface area contributed by atoms with E-state index in [2.05, 4.69) is 71.7 Å². The predicted octanol–water partition coefficient (Wildman–Crippen LogP) is 3.95.